The van der Waals surface area contributed by atoms with Crippen LogP contribution < -0.4 is 4.90 Å². The first-order chi connectivity index (χ1) is 10.1. The molecule has 0 atom stereocenters. The fourth-order valence-electron chi connectivity index (χ4n) is 2.12. The predicted molar refractivity (Wildman–Crippen MR) is 81.5 cm³/mol. The molecule has 0 radical (unpaired) electrons. The number of rotatable bonds is 6. The molecule has 21 heavy (non-hydrogen) atoms. The average molecular weight is 285 g/mol. The molecule has 0 spiro atoms. The molecule has 5 nitrogen and oxygen atoms in total. The summed E-state index contributed by atoms with van der Waals surface area (Å²) in [5, 5.41) is 9.22. The summed E-state index contributed by atoms with van der Waals surface area (Å²) in [7, 11) is 1.90. The van der Waals surface area contributed by atoms with E-state index in [-0.39, 0.29) is 5.56 Å². The van der Waals surface area contributed by atoms with Crippen LogP contribution in [0, 0.1) is 0 Å². The lowest BCUT2D eigenvalue weighted by molar-refractivity contribution is 0.0696. The fraction of sp³-hybridized carbons (Fsp3) is 0.312. The van der Waals surface area contributed by atoms with Crippen molar-refractivity contribution in [1.82, 2.24) is 9.97 Å². The van der Waals surface area contributed by atoms with Gasteiger partial charge < -0.3 is 10.0 Å². The number of aromatic nitrogens is 2. The maximum atomic E-state index is 11.2. The van der Waals surface area contributed by atoms with Crippen molar-refractivity contribution in [3.05, 3.63) is 53.5 Å². The summed E-state index contributed by atoms with van der Waals surface area (Å²) >= 11 is 0. The Morgan fingerprint density at radius 2 is 2.19 bits per heavy atom. The minimum absolute atomic E-state index is 0.279. The van der Waals surface area contributed by atoms with Gasteiger partial charge in [0.15, 0.2) is 0 Å². The van der Waals surface area contributed by atoms with E-state index in [0.29, 0.717) is 12.4 Å². The van der Waals surface area contributed by atoms with Gasteiger partial charge in [-0.2, -0.15) is 0 Å². The Hall–Kier alpha value is -2.43. The highest BCUT2D eigenvalue weighted by atomic mass is 16.4. The van der Waals surface area contributed by atoms with Crippen LogP contribution in [0.4, 0.5) is 5.82 Å². The third-order valence-electron chi connectivity index (χ3n) is 3.15. The van der Waals surface area contributed by atoms with Crippen LogP contribution in [0.15, 0.2) is 36.7 Å². The SMILES string of the molecule is CCCc1cc(C(=O)O)cc(N(C)Cc2cccnc2)n1. The third-order valence-corrected chi connectivity index (χ3v) is 3.15. The van der Waals surface area contributed by atoms with E-state index < -0.39 is 5.97 Å². The van der Waals surface area contributed by atoms with Crippen LogP contribution in [0.3, 0.4) is 0 Å². The number of nitrogens with zero attached hydrogens (tertiary/aromatic N) is 3. The van der Waals surface area contributed by atoms with Gasteiger partial charge in [-0.3, -0.25) is 4.98 Å². The second-order valence-electron chi connectivity index (χ2n) is 4.98. The van der Waals surface area contributed by atoms with Crippen molar-refractivity contribution in [1.29, 1.82) is 0 Å². The van der Waals surface area contributed by atoms with Gasteiger partial charge in [0.25, 0.3) is 0 Å². The first-order valence-electron chi connectivity index (χ1n) is 6.94. The molecule has 0 fully saturated rings. The molecule has 5 heteroatoms. The highest BCUT2D eigenvalue weighted by Gasteiger charge is 2.11. The van der Waals surface area contributed by atoms with Gasteiger partial charge >= 0.3 is 5.97 Å². The number of aryl methyl sites for hydroxylation is 1. The molecule has 0 aliphatic carbocycles. The summed E-state index contributed by atoms with van der Waals surface area (Å²) in [5.74, 6) is -0.256. The molecule has 0 bridgehead atoms. The largest absolute Gasteiger partial charge is 0.478 e. The lowest BCUT2D eigenvalue weighted by Gasteiger charge is -2.19. The molecule has 0 aromatic carbocycles. The molecule has 0 aliphatic rings. The van der Waals surface area contributed by atoms with E-state index in [2.05, 4.69) is 9.97 Å². The minimum Gasteiger partial charge on any atom is -0.478 e. The fourth-order valence-corrected chi connectivity index (χ4v) is 2.12. The van der Waals surface area contributed by atoms with Crippen molar-refractivity contribution in [2.45, 2.75) is 26.3 Å². The summed E-state index contributed by atoms with van der Waals surface area (Å²) < 4.78 is 0. The number of carbonyl (C=O) groups is 1. The second-order valence-corrected chi connectivity index (χ2v) is 4.98. The highest BCUT2D eigenvalue weighted by molar-refractivity contribution is 5.88. The number of pyridine rings is 2. The Labute approximate surface area is 124 Å². The number of hydrogen-bond donors (Lipinski definition) is 1. The van der Waals surface area contributed by atoms with Gasteiger partial charge in [0.05, 0.1) is 5.56 Å². The Morgan fingerprint density at radius 3 is 2.81 bits per heavy atom. The molecule has 1 N–H and O–H groups in total. The molecule has 0 amide bonds. The van der Waals surface area contributed by atoms with Crippen molar-refractivity contribution in [3.8, 4) is 0 Å². The average Bonchev–Trinajstić information content (AvgIpc) is 2.48. The Balaban J connectivity index is 2.26. The van der Waals surface area contributed by atoms with Crippen molar-refractivity contribution in [3.63, 3.8) is 0 Å². The number of hydrogen-bond acceptors (Lipinski definition) is 4. The number of carboxylic acid groups (broad SMARTS) is 1. The molecule has 110 valence electrons. The van der Waals surface area contributed by atoms with Gasteiger partial charge in [-0.1, -0.05) is 19.4 Å². The first-order valence-corrected chi connectivity index (χ1v) is 6.94. The molecule has 2 rings (SSSR count). The monoisotopic (exact) mass is 285 g/mol. The minimum atomic E-state index is -0.925. The Morgan fingerprint density at radius 1 is 1.38 bits per heavy atom. The van der Waals surface area contributed by atoms with E-state index in [0.717, 1.165) is 24.1 Å². The summed E-state index contributed by atoms with van der Waals surface area (Å²) in [6, 6.07) is 7.12. The van der Waals surface area contributed by atoms with Crippen LogP contribution in [-0.4, -0.2) is 28.1 Å². The van der Waals surface area contributed by atoms with Gasteiger partial charge in [0, 0.05) is 31.7 Å². The third kappa shape index (κ3) is 4.02. The lowest BCUT2D eigenvalue weighted by atomic mass is 10.1. The number of anilines is 1. The quantitative estimate of drug-likeness (QED) is 0.884. The zero-order chi connectivity index (χ0) is 15.2. The van der Waals surface area contributed by atoms with E-state index >= 15 is 0 Å². The normalized spacial score (nSPS) is 10.4. The van der Waals surface area contributed by atoms with Crippen LogP contribution >= 0.6 is 0 Å². The van der Waals surface area contributed by atoms with Crippen LogP contribution in [0.25, 0.3) is 0 Å². The molecule has 0 saturated carbocycles. The van der Waals surface area contributed by atoms with E-state index in [1.165, 1.54) is 0 Å². The van der Waals surface area contributed by atoms with Crippen molar-refractivity contribution < 1.29 is 9.90 Å². The standard InChI is InChI=1S/C16H19N3O2/c1-3-5-14-8-13(16(20)21)9-15(18-14)19(2)11-12-6-4-7-17-10-12/h4,6-10H,3,5,11H2,1-2H3,(H,20,21). The first kappa shape index (κ1) is 15.0. The highest BCUT2D eigenvalue weighted by Crippen LogP contribution is 2.17. The lowest BCUT2D eigenvalue weighted by Crippen LogP contribution is -2.19. The van der Waals surface area contributed by atoms with Crippen LogP contribution in [0.1, 0.15) is 35.0 Å². The van der Waals surface area contributed by atoms with Gasteiger partial charge in [0.2, 0.25) is 0 Å². The zero-order valence-corrected chi connectivity index (χ0v) is 12.3. The van der Waals surface area contributed by atoms with Crippen LogP contribution in [0.2, 0.25) is 0 Å². The van der Waals surface area contributed by atoms with Crippen LogP contribution in [-0.2, 0) is 13.0 Å². The second kappa shape index (κ2) is 6.83. The maximum Gasteiger partial charge on any atom is 0.335 e. The van der Waals surface area contributed by atoms with E-state index in [1.54, 1.807) is 24.5 Å². The maximum absolute atomic E-state index is 11.2. The smallest absolute Gasteiger partial charge is 0.335 e. The van der Waals surface area contributed by atoms with Gasteiger partial charge in [-0.25, -0.2) is 9.78 Å². The summed E-state index contributed by atoms with van der Waals surface area (Å²) in [6.07, 6.45) is 5.23. The zero-order valence-electron chi connectivity index (χ0n) is 12.3. The molecule has 2 aromatic heterocycles. The van der Waals surface area contributed by atoms with E-state index in [9.17, 15) is 9.90 Å². The van der Waals surface area contributed by atoms with Gasteiger partial charge in [-0.05, 0) is 30.2 Å². The van der Waals surface area contributed by atoms with E-state index in [1.807, 2.05) is 31.0 Å². The number of carboxylic acids is 1. The molecular formula is C16H19N3O2. The summed E-state index contributed by atoms with van der Waals surface area (Å²) in [6.45, 7) is 2.68. The van der Waals surface area contributed by atoms with Crippen molar-refractivity contribution >= 4 is 11.8 Å². The molecular weight excluding hydrogens is 266 g/mol. The van der Waals surface area contributed by atoms with Crippen molar-refractivity contribution in [2.24, 2.45) is 0 Å². The van der Waals surface area contributed by atoms with Gasteiger partial charge in [0.1, 0.15) is 5.82 Å². The number of aromatic carboxylic acids is 1. The van der Waals surface area contributed by atoms with E-state index in [4.69, 9.17) is 0 Å². The Kier molecular flexibility index (Phi) is 4.87. The van der Waals surface area contributed by atoms with Crippen LogP contribution in [0.5, 0.6) is 0 Å². The topological polar surface area (TPSA) is 66.3 Å². The summed E-state index contributed by atoms with van der Waals surface area (Å²) in [5.41, 5.74) is 2.14. The molecule has 0 saturated heterocycles. The molecule has 2 aromatic rings. The molecule has 0 aliphatic heterocycles. The Bertz CT molecular complexity index is 614. The van der Waals surface area contributed by atoms with Gasteiger partial charge in [-0.15, -0.1) is 0 Å². The molecule has 2 heterocycles. The predicted octanol–water partition coefficient (Wildman–Crippen LogP) is 2.76. The molecule has 0 unspecified atom stereocenters. The van der Waals surface area contributed by atoms with Crippen molar-refractivity contribution in [2.75, 3.05) is 11.9 Å². The summed E-state index contributed by atoms with van der Waals surface area (Å²) in [4.78, 5) is 21.8.